The molecule has 0 radical (unpaired) electrons. The van der Waals surface area contributed by atoms with E-state index in [0.29, 0.717) is 12.1 Å². The van der Waals surface area contributed by atoms with Gasteiger partial charge in [0.15, 0.2) is 0 Å². The number of hydrogen-bond donors (Lipinski definition) is 0. The molecular formula is C21H28N2O3S. The summed E-state index contributed by atoms with van der Waals surface area (Å²) in [5.74, 6) is -0.148. The molecule has 5 nitrogen and oxygen atoms in total. The second-order valence-corrected chi connectivity index (χ2v) is 8.98. The largest absolute Gasteiger partial charge is 0.308 e. The normalized spacial score (nSPS) is 11.9. The van der Waals surface area contributed by atoms with E-state index in [4.69, 9.17) is 0 Å². The van der Waals surface area contributed by atoms with Crippen molar-refractivity contribution in [2.45, 2.75) is 45.6 Å². The smallest absolute Gasteiger partial charge is 0.258 e. The Morgan fingerprint density at radius 1 is 1.04 bits per heavy atom. The fourth-order valence-electron chi connectivity index (χ4n) is 2.90. The number of amides is 1. The zero-order valence-electron chi connectivity index (χ0n) is 16.9. The fourth-order valence-corrected chi connectivity index (χ4v) is 4.27. The summed E-state index contributed by atoms with van der Waals surface area (Å²) in [6.07, 6.45) is 0. The van der Waals surface area contributed by atoms with Crippen LogP contribution in [-0.4, -0.2) is 38.3 Å². The first-order chi connectivity index (χ1) is 12.6. The Morgan fingerprint density at radius 2 is 1.63 bits per heavy atom. The van der Waals surface area contributed by atoms with Gasteiger partial charge in [-0.2, -0.15) is 4.31 Å². The lowest BCUT2D eigenvalue weighted by molar-refractivity contribution is 0.0988. The molecule has 0 aliphatic heterocycles. The zero-order chi connectivity index (χ0) is 20.4. The lowest BCUT2D eigenvalue weighted by Crippen LogP contribution is -2.33. The van der Waals surface area contributed by atoms with E-state index in [0.717, 1.165) is 16.8 Å². The van der Waals surface area contributed by atoms with Crippen molar-refractivity contribution in [3.8, 4) is 0 Å². The van der Waals surface area contributed by atoms with E-state index >= 15 is 0 Å². The molecule has 146 valence electrons. The van der Waals surface area contributed by atoms with Gasteiger partial charge < -0.3 is 4.90 Å². The van der Waals surface area contributed by atoms with Gasteiger partial charge in [0.2, 0.25) is 10.0 Å². The predicted octanol–water partition coefficient (Wildman–Crippen LogP) is 4.00. The lowest BCUT2D eigenvalue weighted by Gasteiger charge is -2.24. The molecule has 0 N–H and O–H groups in total. The molecule has 6 heteroatoms. The predicted molar refractivity (Wildman–Crippen MR) is 110 cm³/mol. The van der Waals surface area contributed by atoms with Crippen LogP contribution >= 0.6 is 0 Å². The van der Waals surface area contributed by atoms with E-state index in [1.807, 2.05) is 52.8 Å². The van der Waals surface area contributed by atoms with Gasteiger partial charge in [-0.1, -0.05) is 17.7 Å². The maximum absolute atomic E-state index is 13.0. The number of rotatable bonds is 6. The molecule has 0 fully saturated rings. The highest BCUT2D eigenvalue weighted by atomic mass is 32.2. The van der Waals surface area contributed by atoms with Gasteiger partial charge in [0, 0.05) is 30.9 Å². The topological polar surface area (TPSA) is 57.7 Å². The van der Waals surface area contributed by atoms with Crippen LogP contribution in [0.2, 0.25) is 0 Å². The van der Waals surface area contributed by atoms with Crippen molar-refractivity contribution in [2.75, 3.05) is 18.5 Å². The number of hydrogen-bond acceptors (Lipinski definition) is 3. The van der Waals surface area contributed by atoms with Crippen LogP contribution in [0.25, 0.3) is 0 Å². The zero-order valence-corrected chi connectivity index (χ0v) is 17.7. The summed E-state index contributed by atoms with van der Waals surface area (Å²) in [4.78, 5) is 14.9. The Kier molecular flexibility index (Phi) is 6.44. The first kappa shape index (κ1) is 21.1. The molecule has 1 amide bonds. The van der Waals surface area contributed by atoms with Gasteiger partial charge in [-0.15, -0.1) is 0 Å². The Bertz CT molecular complexity index is 919. The summed E-state index contributed by atoms with van der Waals surface area (Å²) < 4.78 is 26.5. The number of anilines is 1. The van der Waals surface area contributed by atoms with Crippen LogP contribution in [0.15, 0.2) is 47.4 Å². The van der Waals surface area contributed by atoms with Crippen LogP contribution in [0.1, 0.15) is 42.3 Å². The molecule has 0 saturated carbocycles. The first-order valence-electron chi connectivity index (χ1n) is 9.06. The maximum atomic E-state index is 13.0. The highest BCUT2D eigenvalue weighted by Crippen LogP contribution is 2.24. The van der Waals surface area contributed by atoms with Crippen molar-refractivity contribution in [2.24, 2.45) is 0 Å². The quantitative estimate of drug-likeness (QED) is 0.752. The van der Waals surface area contributed by atoms with Crippen molar-refractivity contribution < 1.29 is 13.2 Å². The number of carbonyl (C=O) groups excluding carboxylic acids is 1. The number of nitrogens with zero attached hydrogens (tertiary/aromatic N) is 2. The average Bonchev–Trinajstić information content (AvgIpc) is 2.63. The van der Waals surface area contributed by atoms with E-state index in [1.54, 1.807) is 24.1 Å². The minimum absolute atomic E-state index is 0.142. The van der Waals surface area contributed by atoms with E-state index in [1.165, 1.54) is 16.4 Å². The van der Waals surface area contributed by atoms with Crippen LogP contribution in [-0.2, 0) is 10.0 Å². The highest BCUT2D eigenvalue weighted by Gasteiger charge is 2.24. The summed E-state index contributed by atoms with van der Waals surface area (Å²) in [6, 6.07) is 12.0. The molecule has 0 aliphatic rings. The maximum Gasteiger partial charge on any atom is 0.258 e. The minimum Gasteiger partial charge on any atom is -0.308 e. The highest BCUT2D eigenvalue weighted by molar-refractivity contribution is 7.89. The van der Waals surface area contributed by atoms with Crippen molar-refractivity contribution in [3.63, 3.8) is 0 Å². The second kappa shape index (κ2) is 8.23. The van der Waals surface area contributed by atoms with Crippen molar-refractivity contribution in [3.05, 3.63) is 59.2 Å². The molecule has 2 aromatic carbocycles. The van der Waals surface area contributed by atoms with Gasteiger partial charge in [0.1, 0.15) is 0 Å². The Morgan fingerprint density at radius 3 is 2.11 bits per heavy atom. The Labute approximate surface area is 162 Å². The van der Waals surface area contributed by atoms with Gasteiger partial charge in [-0.25, -0.2) is 8.42 Å². The van der Waals surface area contributed by atoms with E-state index in [2.05, 4.69) is 0 Å². The number of aryl methyl sites for hydroxylation is 2. The van der Waals surface area contributed by atoms with Crippen molar-refractivity contribution in [1.82, 2.24) is 4.31 Å². The lowest BCUT2D eigenvalue weighted by atomic mass is 10.1. The average molecular weight is 389 g/mol. The monoisotopic (exact) mass is 388 g/mol. The summed E-state index contributed by atoms with van der Waals surface area (Å²) in [5.41, 5.74) is 3.50. The molecule has 0 aromatic heterocycles. The SMILES string of the molecule is CCN(C(=O)c1ccc(S(=O)(=O)N(C)C(C)C)cc1)c1ccc(C)cc1C. The Hall–Kier alpha value is -2.18. The molecule has 0 saturated heterocycles. The number of benzene rings is 2. The van der Waals surface area contributed by atoms with E-state index < -0.39 is 10.0 Å². The van der Waals surface area contributed by atoms with Crippen molar-refractivity contribution in [1.29, 1.82) is 0 Å². The van der Waals surface area contributed by atoms with Crippen LogP contribution in [0, 0.1) is 13.8 Å². The number of carbonyl (C=O) groups is 1. The van der Waals surface area contributed by atoms with Crippen LogP contribution in [0.4, 0.5) is 5.69 Å². The van der Waals surface area contributed by atoms with Crippen molar-refractivity contribution >= 4 is 21.6 Å². The molecule has 0 aliphatic carbocycles. The van der Waals surface area contributed by atoms with Gasteiger partial charge in [-0.05, 0) is 70.5 Å². The second-order valence-electron chi connectivity index (χ2n) is 6.98. The van der Waals surface area contributed by atoms with Gasteiger partial charge in [0.25, 0.3) is 5.91 Å². The van der Waals surface area contributed by atoms with Crippen LogP contribution in [0.5, 0.6) is 0 Å². The molecule has 2 rings (SSSR count). The molecule has 0 unspecified atom stereocenters. The molecule has 0 bridgehead atoms. The van der Waals surface area contributed by atoms with E-state index in [9.17, 15) is 13.2 Å². The Balaban J connectivity index is 2.34. The third kappa shape index (κ3) is 4.39. The van der Waals surface area contributed by atoms with Gasteiger partial charge in [-0.3, -0.25) is 4.79 Å². The summed E-state index contributed by atoms with van der Waals surface area (Å²) in [6.45, 7) is 10.1. The molecule has 27 heavy (non-hydrogen) atoms. The number of sulfonamides is 1. The molecular weight excluding hydrogens is 360 g/mol. The summed E-state index contributed by atoms with van der Waals surface area (Å²) >= 11 is 0. The van der Waals surface area contributed by atoms with Crippen LogP contribution in [0.3, 0.4) is 0 Å². The van der Waals surface area contributed by atoms with Crippen LogP contribution < -0.4 is 4.90 Å². The van der Waals surface area contributed by atoms with Gasteiger partial charge in [0.05, 0.1) is 4.90 Å². The third-order valence-electron chi connectivity index (χ3n) is 4.71. The minimum atomic E-state index is -3.56. The van der Waals surface area contributed by atoms with Gasteiger partial charge >= 0.3 is 0 Å². The van der Waals surface area contributed by atoms with E-state index in [-0.39, 0.29) is 16.8 Å². The first-order valence-corrected chi connectivity index (χ1v) is 10.5. The molecule has 2 aromatic rings. The third-order valence-corrected chi connectivity index (χ3v) is 6.76. The summed E-state index contributed by atoms with van der Waals surface area (Å²) in [7, 11) is -2.01. The molecule has 0 spiro atoms. The molecule has 0 atom stereocenters. The summed E-state index contributed by atoms with van der Waals surface area (Å²) in [5, 5.41) is 0. The molecule has 0 heterocycles. The fraction of sp³-hybridized carbons (Fsp3) is 0.381. The standard InChI is InChI=1S/C21H28N2O3S/c1-7-23(20-13-8-16(4)14-17(20)5)21(24)18-9-11-19(12-10-18)27(25,26)22(6)15(2)3/h8-15H,7H2,1-6H3.